The number of aliphatic imine (C=N–C) groups is 1. The van der Waals surface area contributed by atoms with Crippen molar-refractivity contribution in [3.8, 4) is 0 Å². The first kappa shape index (κ1) is 24.0. The maximum Gasteiger partial charge on any atom is 0.408 e. The number of rotatable bonds is 6. The van der Waals surface area contributed by atoms with E-state index in [1.54, 1.807) is 11.7 Å². The molecule has 9 nitrogen and oxygen atoms in total. The Kier molecular flexibility index (Phi) is 8.11. The first-order valence-electron chi connectivity index (χ1n) is 10.7. The predicted octanol–water partition coefficient (Wildman–Crippen LogP) is 2.45. The Hall–Kier alpha value is -2.29. The molecule has 1 unspecified atom stereocenters. The van der Waals surface area contributed by atoms with Crippen LogP contribution < -0.4 is 10.6 Å². The van der Waals surface area contributed by atoms with Crippen LogP contribution in [0.3, 0.4) is 0 Å². The summed E-state index contributed by atoms with van der Waals surface area (Å²) in [5.74, 6) is 0.796. The van der Waals surface area contributed by atoms with Crippen molar-refractivity contribution in [2.24, 2.45) is 12.0 Å². The summed E-state index contributed by atoms with van der Waals surface area (Å²) < 4.78 is 13.2. The average molecular weight is 423 g/mol. The van der Waals surface area contributed by atoms with Crippen LogP contribution in [-0.4, -0.2) is 71.2 Å². The van der Waals surface area contributed by atoms with Gasteiger partial charge in [0, 0.05) is 38.9 Å². The fourth-order valence-corrected chi connectivity index (χ4v) is 3.47. The van der Waals surface area contributed by atoms with Crippen LogP contribution >= 0.6 is 0 Å². The highest BCUT2D eigenvalue weighted by atomic mass is 16.6. The molecular weight excluding hydrogens is 384 g/mol. The summed E-state index contributed by atoms with van der Waals surface area (Å²) in [6, 6.07) is 0. The minimum absolute atomic E-state index is 0.0482. The van der Waals surface area contributed by atoms with Gasteiger partial charge in [-0.25, -0.2) is 4.79 Å². The van der Waals surface area contributed by atoms with Crippen molar-refractivity contribution in [2.75, 3.05) is 33.3 Å². The molecule has 0 aliphatic carbocycles. The average Bonchev–Trinajstić information content (AvgIpc) is 3.13. The molecule has 0 aromatic carbocycles. The van der Waals surface area contributed by atoms with E-state index in [1.807, 2.05) is 40.2 Å². The summed E-state index contributed by atoms with van der Waals surface area (Å²) in [5, 5.41) is 10.8. The lowest BCUT2D eigenvalue weighted by molar-refractivity contribution is -0.00816. The van der Waals surface area contributed by atoms with Gasteiger partial charge in [0.05, 0.1) is 24.9 Å². The summed E-state index contributed by atoms with van der Waals surface area (Å²) in [6.07, 6.45) is 4.92. The molecule has 2 N–H and O–H groups in total. The maximum absolute atomic E-state index is 12.4. The molecule has 1 aromatic heterocycles. The second-order valence-corrected chi connectivity index (χ2v) is 8.77. The van der Waals surface area contributed by atoms with E-state index in [2.05, 4.69) is 39.5 Å². The van der Waals surface area contributed by atoms with Crippen LogP contribution in [0.25, 0.3) is 0 Å². The second-order valence-electron chi connectivity index (χ2n) is 8.77. The van der Waals surface area contributed by atoms with E-state index in [4.69, 9.17) is 9.47 Å². The Labute approximate surface area is 180 Å². The van der Waals surface area contributed by atoms with Crippen molar-refractivity contribution >= 4 is 12.1 Å². The van der Waals surface area contributed by atoms with Gasteiger partial charge >= 0.3 is 6.09 Å². The zero-order valence-corrected chi connectivity index (χ0v) is 19.5. The number of aryl methyl sites for hydroxylation is 1. The second kappa shape index (κ2) is 10.1. The van der Waals surface area contributed by atoms with Gasteiger partial charge in [0.1, 0.15) is 11.7 Å². The fourth-order valence-electron chi connectivity index (χ4n) is 3.47. The molecule has 0 spiro atoms. The molecule has 0 radical (unpaired) electrons. The number of carbonyl (C=O) groups is 1. The third kappa shape index (κ3) is 6.62. The summed E-state index contributed by atoms with van der Waals surface area (Å²) in [4.78, 5) is 19.0. The quantitative estimate of drug-likeness (QED) is 0.540. The number of hydrogen-bond acceptors (Lipinski definition) is 5. The molecule has 9 heteroatoms. The first-order valence-corrected chi connectivity index (χ1v) is 10.7. The van der Waals surface area contributed by atoms with Gasteiger partial charge in [-0.15, -0.1) is 0 Å². The highest BCUT2D eigenvalue weighted by Crippen LogP contribution is 2.22. The summed E-state index contributed by atoms with van der Waals surface area (Å²) in [5.41, 5.74) is 0.101. The van der Waals surface area contributed by atoms with Crippen LogP contribution in [0.5, 0.6) is 0 Å². The minimum Gasteiger partial charge on any atom is -0.444 e. The molecule has 1 aliphatic rings. The molecule has 0 bridgehead atoms. The molecule has 1 aromatic rings. The minimum atomic E-state index is -0.532. The van der Waals surface area contributed by atoms with Crippen molar-refractivity contribution in [1.29, 1.82) is 0 Å². The number of ether oxygens (including phenoxy) is 2. The van der Waals surface area contributed by atoms with Crippen LogP contribution in [0.15, 0.2) is 17.4 Å². The maximum atomic E-state index is 12.4. The third-order valence-electron chi connectivity index (χ3n) is 5.38. The van der Waals surface area contributed by atoms with Crippen LogP contribution in [0.1, 0.15) is 59.1 Å². The lowest BCUT2D eigenvalue weighted by Crippen LogP contribution is -2.58. The monoisotopic (exact) mass is 422 g/mol. The van der Waals surface area contributed by atoms with Crippen LogP contribution in [0.2, 0.25) is 0 Å². The Bertz CT molecular complexity index is 721. The number of carbonyl (C=O) groups excluding carboxylic acids is 1. The van der Waals surface area contributed by atoms with Crippen LogP contribution in [-0.2, 0) is 16.5 Å². The van der Waals surface area contributed by atoms with Crippen molar-refractivity contribution < 1.29 is 14.3 Å². The van der Waals surface area contributed by atoms with Gasteiger partial charge in [0.2, 0.25) is 0 Å². The van der Waals surface area contributed by atoms with Crippen LogP contribution in [0, 0.1) is 0 Å². The van der Waals surface area contributed by atoms with E-state index < -0.39 is 17.2 Å². The molecule has 2 heterocycles. The number of nitrogens with one attached hydrogen (secondary N) is 2. The molecular formula is C21H38N6O3. The Balaban J connectivity index is 2.01. The van der Waals surface area contributed by atoms with Crippen LogP contribution in [0.4, 0.5) is 4.79 Å². The zero-order chi connectivity index (χ0) is 22.4. The van der Waals surface area contributed by atoms with Gasteiger partial charge in [-0.1, -0.05) is 13.8 Å². The number of guanidine groups is 1. The van der Waals surface area contributed by atoms with Gasteiger partial charge in [0.15, 0.2) is 5.96 Å². The van der Waals surface area contributed by atoms with E-state index in [1.165, 1.54) is 0 Å². The van der Waals surface area contributed by atoms with E-state index in [-0.39, 0.29) is 6.10 Å². The smallest absolute Gasteiger partial charge is 0.408 e. The van der Waals surface area contributed by atoms with Crippen molar-refractivity contribution in [3.63, 3.8) is 0 Å². The molecule has 1 fully saturated rings. The standard InChI is InChI=1S/C21H38N6O3/c1-8-21(9-2,25-19(28)30-20(3,4)5)15-23-18(22-6)27-10-11-29-17(14-27)16-12-24-26(7)13-16/h12-13,17H,8-11,14-15H2,1-7H3,(H,22,23)(H,25,28). The normalized spacial score (nSPS) is 18.3. The lowest BCUT2D eigenvalue weighted by atomic mass is 9.93. The Morgan fingerprint density at radius 1 is 1.37 bits per heavy atom. The van der Waals surface area contributed by atoms with E-state index in [0.29, 0.717) is 19.7 Å². The Morgan fingerprint density at radius 3 is 2.60 bits per heavy atom. The molecule has 2 rings (SSSR count). The SMILES string of the molecule is CCC(CC)(CNC(=NC)N1CCOC(c2cnn(C)c2)C1)NC(=O)OC(C)(C)C. The third-order valence-corrected chi connectivity index (χ3v) is 5.38. The van der Waals surface area contributed by atoms with Crippen molar-refractivity contribution in [2.45, 2.75) is 64.7 Å². The molecule has 30 heavy (non-hydrogen) atoms. The largest absolute Gasteiger partial charge is 0.444 e. The number of amides is 1. The van der Waals surface area contributed by atoms with Gasteiger partial charge in [-0.2, -0.15) is 5.10 Å². The predicted molar refractivity (Wildman–Crippen MR) is 118 cm³/mol. The number of hydrogen-bond donors (Lipinski definition) is 2. The van der Waals surface area contributed by atoms with E-state index in [9.17, 15) is 4.79 Å². The molecule has 1 aliphatic heterocycles. The summed E-state index contributed by atoms with van der Waals surface area (Å²) in [6.45, 7) is 12.3. The van der Waals surface area contributed by atoms with Gasteiger partial charge in [-0.3, -0.25) is 9.67 Å². The molecule has 170 valence electrons. The molecule has 1 saturated heterocycles. The summed E-state index contributed by atoms with van der Waals surface area (Å²) >= 11 is 0. The topological polar surface area (TPSA) is 93.0 Å². The lowest BCUT2D eigenvalue weighted by Gasteiger charge is -2.38. The number of alkyl carbamates (subject to hydrolysis) is 1. The fraction of sp³-hybridized carbons (Fsp3) is 0.762. The highest BCUT2D eigenvalue weighted by molar-refractivity contribution is 5.80. The number of aromatic nitrogens is 2. The molecule has 1 amide bonds. The van der Waals surface area contributed by atoms with E-state index >= 15 is 0 Å². The first-order chi connectivity index (χ1) is 14.1. The summed E-state index contributed by atoms with van der Waals surface area (Å²) in [7, 11) is 3.68. The van der Waals surface area contributed by atoms with Gasteiger partial charge in [-0.05, 0) is 33.6 Å². The van der Waals surface area contributed by atoms with Gasteiger partial charge < -0.3 is 25.0 Å². The van der Waals surface area contributed by atoms with Crippen molar-refractivity contribution in [1.82, 2.24) is 25.3 Å². The molecule has 0 saturated carbocycles. The van der Waals surface area contributed by atoms with Crippen molar-refractivity contribution in [3.05, 3.63) is 18.0 Å². The number of morpholine rings is 1. The highest BCUT2D eigenvalue weighted by Gasteiger charge is 2.32. The van der Waals surface area contributed by atoms with E-state index in [0.717, 1.165) is 30.9 Å². The molecule has 1 atom stereocenters. The van der Waals surface area contributed by atoms with Gasteiger partial charge in [0.25, 0.3) is 0 Å². The Morgan fingerprint density at radius 2 is 2.07 bits per heavy atom. The zero-order valence-electron chi connectivity index (χ0n) is 19.5. The number of nitrogens with zero attached hydrogens (tertiary/aromatic N) is 4.